The highest BCUT2D eigenvalue weighted by Gasteiger charge is 2.17. The van der Waals surface area contributed by atoms with Crippen LogP contribution in [0.4, 0.5) is 17.6 Å². The van der Waals surface area contributed by atoms with Crippen molar-refractivity contribution in [2.45, 2.75) is 52.6 Å². The minimum absolute atomic E-state index is 0.00546. The predicted molar refractivity (Wildman–Crippen MR) is 141 cm³/mol. The molecule has 0 unspecified atom stereocenters. The lowest BCUT2D eigenvalue weighted by molar-refractivity contribution is 0.285. The lowest BCUT2D eigenvalue weighted by Crippen LogP contribution is -2.01. The van der Waals surface area contributed by atoms with Crippen LogP contribution in [0.3, 0.4) is 0 Å². The number of ether oxygens (including phenoxy) is 1. The molecule has 0 aliphatic rings. The molecule has 4 aromatic carbocycles. The monoisotopic (exact) mass is 506 g/mol. The Balaban J connectivity index is 1.45. The maximum absolute atomic E-state index is 14.8. The molecule has 0 heterocycles. The topological polar surface area (TPSA) is 9.23 Å². The van der Waals surface area contributed by atoms with Gasteiger partial charge in [0.05, 0.1) is 0 Å². The zero-order valence-electron chi connectivity index (χ0n) is 21.1. The molecule has 0 N–H and O–H groups in total. The zero-order chi connectivity index (χ0) is 26.4. The first-order valence-corrected chi connectivity index (χ1v) is 12.7. The molecule has 0 amide bonds. The van der Waals surface area contributed by atoms with E-state index in [1.165, 1.54) is 12.1 Å². The summed E-state index contributed by atoms with van der Waals surface area (Å²) in [4.78, 5) is 0. The van der Waals surface area contributed by atoms with Crippen LogP contribution in [-0.2, 0) is 19.4 Å². The highest BCUT2D eigenvalue weighted by atomic mass is 19.2. The van der Waals surface area contributed by atoms with E-state index < -0.39 is 23.3 Å². The van der Waals surface area contributed by atoms with Crippen molar-refractivity contribution >= 4 is 0 Å². The van der Waals surface area contributed by atoms with E-state index in [1.807, 2.05) is 19.1 Å². The van der Waals surface area contributed by atoms with Gasteiger partial charge in [-0.05, 0) is 59.2 Å². The minimum Gasteiger partial charge on any atom is -0.486 e. The summed E-state index contributed by atoms with van der Waals surface area (Å²) in [5.41, 5.74) is 3.68. The average Bonchev–Trinajstić information content (AvgIpc) is 2.92. The van der Waals surface area contributed by atoms with Crippen LogP contribution in [0.5, 0.6) is 5.75 Å². The van der Waals surface area contributed by atoms with Gasteiger partial charge in [-0.3, -0.25) is 0 Å². The first-order chi connectivity index (χ1) is 17.9. The Morgan fingerprint density at radius 3 is 1.70 bits per heavy atom. The van der Waals surface area contributed by atoms with E-state index >= 15 is 0 Å². The third-order valence-electron chi connectivity index (χ3n) is 6.47. The Hall–Kier alpha value is -3.60. The van der Waals surface area contributed by atoms with Crippen LogP contribution in [0, 0.1) is 23.3 Å². The molecule has 0 saturated heterocycles. The van der Waals surface area contributed by atoms with Crippen molar-refractivity contribution in [1.29, 1.82) is 0 Å². The lowest BCUT2D eigenvalue weighted by Gasteiger charge is -2.12. The second kappa shape index (κ2) is 12.1. The second-order valence-electron chi connectivity index (χ2n) is 9.18. The molecular weight excluding hydrogens is 476 g/mol. The van der Waals surface area contributed by atoms with Crippen molar-refractivity contribution in [2.75, 3.05) is 0 Å². The predicted octanol–water partition coefficient (Wildman–Crippen LogP) is 9.45. The van der Waals surface area contributed by atoms with Gasteiger partial charge in [-0.15, -0.1) is 0 Å². The normalized spacial score (nSPS) is 11.1. The van der Waals surface area contributed by atoms with Gasteiger partial charge >= 0.3 is 0 Å². The molecule has 0 bridgehead atoms. The molecule has 0 spiro atoms. The highest BCUT2D eigenvalue weighted by Crippen LogP contribution is 2.31. The molecule has 37 heavy (non-hydrogen) atoms. The van der Waals surface area contributed by atoms with Gasteiger partial charge < -0.3 is 4.74 Å². The first-order valence-electron chi connectivity index (χ1n) is 12.7. The van der Waals surface area contributed by atoms with Crippen LogP contribution in [0.15, 0.2) is 72.8 Å². The fraction of sp³-hybridized carbons (Fsp3) is 0.250. The van der Waals surface area contributed by atoms with E-state index in [0.717, 1.165) is 31.2 Å². The number of halogens is 4. The van der Waals surface area contributed by atoms with Crippen molar-refractivity contribution < 1.29 is 22.3 Å². The fourth-order valence-electron chi connectivity index (χ4n) is 4.32. The molecule has 0 aliphatic heterocycles. The summed E-state index contributed by atoms with van der Waals surface area (Å²) in [5, 5.41) is 0. The molecule has 192 valence electrons. The van der Waals surface area contributed by atoms with Crippen LogP contribution in [0.25, 0.3) is 22.3 Å². The summed E-state index contributed by atoms with van der Waals surface area (Å²) >= 11 is 0. The van der Waals surface area contributed by atoms with Crippen LogP contribution in [0.1, 0.15) is 49.8 Å². The van der Waals surface area contributed by atoms with E-state index in [9.17, 15) is 17.6 Å². The van der Waals surface area contributed by atoms with Gasteiger partial charge in [0.2, 0.25) is 5.82 Å². The van der Waals surface area contributed by atoms with Gasteiger partial charge in [0.15, 0.2) is 23.2 Å². The quantitative estimate of drug-likeness (QED) is 0.195. The number of hydrogen-bond acceptors (Lipinski definition) is 1. The van der Waals surface area contributed by atoms with Crippen molar-refractivity contribution in [2.24, 2.45) is 0 Å². The van der Waals surface area contributed by atoms with Crippen LogP contribution in [-0.4, -0.2) is 0 Å². The molecule has 0 atom stereocenters. The highest BCUT2D eigenvalue weighted by molar-refractivity contribution is 5.66. The molecule has 0 aliphatic carbocycles. The van der Waals surface area contributed by atoms with Crippen molar-refractivity contribution in [1.82, 2.24) is 0 Å². The third-order valence-corrected chi connectivity index (χ3v) is 6.47. The Kier molecular flexibility index (Phi) is 8.65. The van der Waals surface area contributed by atoms with E-state index in [-0.39, 0.29) is 23.5 Å². The van der Waals surface area contributed by atoms with Crippen LogP contribution >= 0.6 is 0 Å². The summed E-state index contributed by atoms with van der Waals surface area (Å²) in [5.74, 6) is -3.88. The molecule has 4 rings (SSSR count). The Morgan fingerprint density at radius 2 is 1.11 bits per heavy atom. The van der Waals surface area contributed by atoms with Crippen LogP contribution in [0.2, 0.25) is 0 Å². The summed E-state index contributed by atoms with van der Waals surface area (Å²) in [6, 6.07) is 20.3. The molecule has 4 aromatic rings. The molecule has 1 nitrogen and oxygen atoms in total. The largest absolute Gasteiger partial charge is 0.486 e. The van der Waals surface area contributed by atoms with Crippen molar-refractivity contribution in [3.8, 4) is 28.0 Å². The van der Waals surface area contributed by atoms with E-state index in [1.54, 1.807) is 48.5 Å². The van der Waals surface area contributed by atoms with E-state index in [0.29, 0.717) is 28.7 Å². The zero-order valence-corrected chi connectivity index (χ0v) is 21.1. The van der Waals surface area contributed by atoms with Gasteiger partial charge in [-0.25, -0.2) is 13.2 Å². The smallest absolute Gasteiger partial charge is 0.201 e. The third kappa shape index (κ3) is 6.04. The average molecular weight is 507 g/mol. The number of unbranched alkanes of at least 4 members (excludes halogenated alkanes) is 1. The number of hydrogen-bond donors (Lipinski definition) is 0. The SMILES string of the molecule is CCCCc1ccc(-c2ccc(COc3ccc(-c4ccc(CCC)cc4)c(F)c3F)cc2)c(F)c1F. The maximum atomic E-state index is 14.8. The Bertz CT molecular complexity index is 1350. The molecular formula is C32H30F4O. The lowest BCUT2D eigenvalue weighted by atomic mass is 9.99. The van der Waals surface area contributed by atoms with Crippen molar-refractivity contribution in [3.63, 3.8) is 0 Å². The summed E-state index contributed by atoms with van der Waals surface area (Å²) in [7, 11) is 0. The summed E-state index contributed by atoms with van der Waals surface area (Å²) < 4.78 is 64.2. The first kappa shape index (κ1) is 26.5. The molecule has 0 aromatic heterocycles. The second-order valence-corrected chi connectivity index (χ2v) is 9.18. The number of rotatable bonds is 10. The maximum Gasteiger partial charge on any atom is 0.201 e. The van der Waals surface area contributed by atoms with Gasteiger partial charge in [-0.1, -0.05) is 87.4 Å². The summed E-state index contributed by atoms with van der Waals surface area (Å²) in [6.45, 7) is 4.08. The Morgan fingerprint density at radius 1 is 0.541 bits per heavy atom. The van der Waals surface area contributed by atoms with E-state index in [4.69, 9.17) is 4.74 Å². The molecule has 5 heteroatoms. The number of benzene rings is 4. The molecule has 0 saturated carbocycles. The number of aryl methyl sites for hydroxylation is 2. The van der Waals surface area contributed by atoms with Crippen LogP contribution < -0.4 is 4.74 Å². The standard InChI is InChI=1S/C32H30F4O/c1-3-5-7-25-16-17-26(30(34)29(25)33)24-14-10-22(11-15-24)20-37-28-19-18-27(31(35)32(28)36)23-12-8-21(6-4-2)9-13-23/h8-19H,3-7,20H2,1-2H3. The van der Waals surface area contributed by atoms with Gasteiger partial charge in [0.1, 0.15) is 6.61 Å². The fourth-order valence-corrected chi connectivity index (χ4v) is 4.32. The van der Waals surface area contributed by atoms with E-state index in [2.05, 4.69) is 6.92 Å². The minimum atomic E-state index is -1.05. The van der Waals surface area contributed by atoms with Crippen molar-refractivity contribution in [3.05, 3.63) is 113 Å². The van der Waals surface area contributed by atoms with Gasteiger partial charge in [0, 0.05) is 11.1 Å². The van der Waals surface area contributed by atoms with Gasteiger partial charge in [0.25, 0.3) is 0 Å². The molecule has 0 fully saturated rings. The summed E-state index contributed by atoms with van der Waals surface area (Å²) in [6.07, 6.45) is 4.14. The molecule has 0 radical (unpaired) electrons. The van der Waals surface area contributed by atoms with Gasteiger partial charge in [-0.2, -0.15) is 4.39 Å². The Labute approximate surface area is 215 Å².